The minimum Gasteiger partial charge on any atom is -0.598 e. The van der Waals surface area contributed by atoms with Gasteiger partial charge >= 0.3 is 0 Å². The molecular formula is C6H6N2O2. The number of quaternary nitrogens is 1. The third kappa shape index (κ3) is 1.37. The summed E-state index contributed by atoms with van der Waals surface area (Å²) in [5.41, 5.74) is 0.331. The molecule has 1 aromatic carbocycles. The van der Waals surface area contributed by atoms with Crippen molar-refractivity contribution in [3.63, 3.8) is 0 Å². The highest BCUT2D eigenvalue weighted by Gasteiger charge is 1.97. The number of nitroso groups, excluding NO2 is 1. The molecule has 1 aromatic rings. The third-order valence-electron chi connectivity index (χ3n) is 1.10. The summed E-state index contributed by atoms with van der Waals surface area (Å²) in [4.78, 5) is 9.71. The maximum absolute atomic E-state index is 10.5. The van der Waals surface area contributed by atoms with E-state index in [-0.39, 0.29) is 0 Å². The van der Waals surface area contributed by atoms with E-state index in [4.69, 9.17) is 0 Å². The van der Waals surface area contributed by atoms with E-state index in [9.17, 15) is 10.1 Å². The van der Waals surface area contributed by atoms with Gasteiger partial charge in [0.2, 0.25) is 0 Å². The molecule has 0 aliphatic rings. The summed E-state index contributed by atoms with van der Waals surface area (Å²) in [6.45, 7) is 0. The second kappa shape index (κ2) is 3.05. The second-order valence-corrected chi connectivity index (χ2v) is 1.76. The molecule has 4 nitrogen and oxygen atoms in total. The lowest BCUT2D eigenvalue weighted by Crippen LogP contribution is -2.96. The molecule has 1 rings (SSSR count). The Balaban J connectivity index is 2.84. The molecule has 0 bridgehead atoms. The summed E-state index contributed by atoms with van der Waals surface area (Å²) >= 11 is 0. The molecule has 0 amide bonds. The first-order chi connectivity index (χ1) is 4.84. The van der Waals surface area contributed by atoms with Crippen LogP contribution < -0.4 is 5.17 Å². The van der Waals surface area contributed by atoms with E-state index in [1.54, 1.807) is 30.3 Å². The Morgan fingerprint density at radius 1 is 1.30 bits per heavy atom. The molecule has 0 fully saturated rings. The molecule has 0 heterocycles. The Morgan fingerprint density at radius 2 is 1.90 bits per heavy atom. The number of benzene rings is 1. The molecule has 0 aromatic heterocycles. The Kier molecular flexibility index (Phi) is 2.09. The number of rotatable bonds is 2. The largest absolute Gasteiger partial charge is 0.598 e. The third-order valence-corrected chi connectivity index (χ3v) is 1.10. The zero-order valence-electron chi connectivity index (χ0n) is 5.15. The van der Waals surface area contributed by atoms with Gasteiger partial charge in [-0.1, -0.05) is 23.1 Å². The van der Waals surface area contributed by atoms with E-state index in [1.807, 2.05) is 0 Å². The first-order valence-electron chi connectivity index (χ1n) is 2.77. The number of hydrogen-bond acceptors (Lipinski definition) is 3. The molecule has 10 heavy (non-hydrogen) atoms. The topological polar surface area (TPSA) is 56.9 Å². The lowest BCUT2D eigenvalue weighted by molar-refractivity contribution is -0.785. The molecule has 0 aliphatic heterocycles. The van der Waals surface area contributed by atoms with Gasteiger partial charge in [-0.25, -0.2) is 0 Å². The zero-order chi connectivity index (χ0) is 7.40. The van der Waals surface area contributed by atoms with Crippen LogP contribution in [-0.2, 0) is 0 Å². The molecule has 0 saturated carbocycles. The molecule has 1 unspecified atom stereocenters. The summed E-state index contributed by atoms with van der Waals surface area (Å²) < 4.78 is 0. The molecular weight excluding hydrogens is 132 g/mol. The van der Waals surface area contributed by atoms with Crippen molar-refractivity contribution in [2.45, 2.75) is 0 Å². The minimum atomic E-state index is -0.722. The average molecular weight is 138 g/mol. The summed E-state index contributed by atoms with van der Waals surface area (Å²) in [6.07, 6.45) is 0. The van der Waals surface area contributed by atoms with E-state index in [2.05, 4.69) is 5.29 Å². The normalized spacial score (nSPS) is 12.5. The van der Waals surface area contributed by atoms with Crippen LogP contribution >= 0.6 is 0 Å². The van der Waals surface area contributed by atoms with Gasteiger partial charge < -0.3 is 5.21 Å². The Bertz CT molecular complexity index is 212. The Hall–Kier alpha value is -1.26. The summed E-state index contributed by atoms with van der Waals surface area (Å²) in [5.74, 6) is 0. The number of nitrogens with one attached hydrogen (secondary N) is 1. The average Bonchev–Trinajstić information content (AvgIpc) is 2.05. The fourth-order valence-corrected chi connectivity index (χ4v) is 0.633. The van der Waals surface area contributed by atoms with Gasteiger partial charge in [-0.15, -0.1) is 0 Å². The molecule has 0 saturated heterocycles. The van der Waals surface area contributed by atoms with Crippen LogP contribution in [0.25, 0.3) is 0 Å². The van der Waals surface area contributed by atoms with E-state index in [0.717, 1.165) is 0 Å². The highest BCUT2D eigenvalue weighted by Crippen LogP contribution is 1.97. The van der Waals surface area contributed by atoms with Crippen molar-refractivity contribution in [3.05, 3.63) is 40.4 Å². The maximum Gasteiger partial charge on any atom is 0.160 e. The van der Waals surface area contributed by atoms with Gasteiger partial charge in [0.1, 0.15) is 0 Å². The maximum atomic E-state index is 10.5. The van der Waals surface area contributed by atoms with Crippen LogP contribution in [-0.4, -0.2) is 0 Å². The summed E-state index contributed by atoms with van der Waals surface area (Å²) in [7, 11) is 0. The van der Waals surface area contributed by atoms with Gasteiger partial charge in [-0.3, -0.25) is 0 Å². The Morgan fingerprint density at radius 3 is 2.40 bits per heavy atom. The first kappa shape index (κ1) is 6.85. The highest BCUT2D eigenvalue weighted by molar-refractivity contribution is 5.27. The standard InChI is InChI=1S/C6H6N2O2/c9-7-8(10)6-4-2-1-3-5-6/h1-5,8H. The summed E-state index contributed by atoms with van der Waals surface area (Å²) in [5, 5.41) is 12.1. The van der Waals surface area contributed by atoms with E-state index in [0.29, 0.717) is 5.69 Å². The molecule has 0 spiro atoms. The summed E-state index contributed by atoms with van der Waals surface area (Å²) in [6, 6.07) is 8.21. The number of hydrogen-bond donors (Lipinski definition) is 1. The molecule has 0 aliphatic carbocycles. The molecule has 1 atom stereocenters. The predicted molar refractivity (Wildman–Crippen MR) is 36.2 cm³/mol. The van der Waals surface area contributed by atoms with Crippen LogP contribution in [0.15, 0.2) is 35.6 Å². The molecule has 4 heteroatoms. The SMILES string of the molecule is O=N[NH+]([O-])c1ccccc1. The van der Waals surface area contributed by atoms with Crippen LogP contribution in [0.2, 0.25) is 0 Å². The lowest BCUT2D eigenvalue weighted by atomic mass is 10.3. The van der Waals surface area contributed by atoms with Crippen LogP contribution in [0.4, 0.5) is 5.69 Å². The van der Waals surface area contributed by atoms with Crippen LogP contribution in [0.3, 0.4) is 0 Å². The van der Waals surface area contributed by atoms with Gasteiger partial charge in [0.05, 0.1) is 0 Å². The fourth-order valence-electron chi connectivity index (χ4n) is 0.633. The van der Waals surface area contributed by atoms with Crippen molar-refractivity contribution in [2.24, 2.45) is 5.29 Å². The van der Waals surface area contributed by atoms with Gasteiger partial charge in [0.25, 0.3) is 0 Å². The minimum absolute atomic E-state index is 0.331. The van der Waals surface area contributed by atoms with E-state index in [1.165, 1.54) is 0 Å². The van der Waals surface area contributed by atoms with Crippen molar-refractivity contribution in [1.82, 2.24) is 0 Å². The van der Waals surface area contributed by atoms with Gasteiger partial charge in [0, 0.05) is 12.1 Å². The monoisotopic (exact) mass is 138 g/mol. The van der Waals surface area contributed by atoms with Gasteiger partial charge in [0.15, 0.2) is 11.0 Å². The Labute approximate surface area is 57.6 Å². The van der Waals surface area contributed by atoms with Crippen molar-refractivity contribution in [1.29, 1.82) is 0 Å². The molecule has 0 radical (unpaired) electrons. The lowest BCUT2D eigenvalue weighted by Gasteiger charge is -2.07. The fraction of sp³-hybridized carbons (Fsp3) is 0. The second-order valence-electron chi connectivity index (χ2n) is 1.76. The van der Waals surface area contributed by atoms with Crippen molar-refractivity contribution >= 4 is 5.69 Å². The first-order valence-corrected chi connectivity index (χ1v) is 2.77. The molecule has 1 N–H and O–H groups in total. The van der Waals surface area contributed by atoms with Gasteiger partial charge in [-0.05, 0) is 0 Å². The van der Waals surface area contributed by atoms with Crippen molar-refractivity contribution < 1.29 is 5.17 Å². The van der Waals surface area contributed by atoms with E-state index < -0.39 is 5.17 Å². The van der Waals surface area contributed by atoms with Gasteiger partial charge in [-0.2, -0.15) is 5.17 Å². The quantitative estimate of drug-likeness (QED) is 0.474. The predicted octanol–water partition coefficient (Wildman–Crippen LogP) is 0.382. The van der Waals surface area contributed by atoms with Crippen LogP contribution in [0.1, 0.15) is 0 Å². The van der Waals surface area contributed by atoms with Crippen LogP contribution in [0, 0.1) is 10.1 Å². The molecule has 52 valence electrons. The van der Waals surface area contributed by atoms with Crippen molar-refractivity contribution in [2.75, 3.05) is 0 Å². The highest BCUT2D eigenvalue weighted by atomic mass is 16.6. The van der Waals surface area contributed by atoms with Crippen LogP contribution in [0.5, 0.6) is 0 Å². The van der Waals surface area contributed by atoms with Crippen molar-refractivity contribution in [3.8, 4) is 0 Å². The smallest absolute Gasteiger partial charge is 0.160 e. The number of nitrogens with zero attached hydrogens (tertiary/aromatic N) is 1. The zero-order valence-corrected chi connectivity index (χ0v) is 5.15. The van der Waals surface area contributed by atoms with E-state index >= 15 is 0 Å².